The summed E-state index contributed by atoms with van der Waals surface area (Å²) < 4.78 is 18.6. The highest BCUT2D eigenvalue weighted by Crippen LogP contribution is 2.46. The predicted octanol–water partition coefficient (Wildman–Crippen LogP) is 22.1. The number of fused-ring (bicyclic) bond motifs is 15. The number of rotatable bonds is 8. The van der Waals surface area contributed by atoms with Crippen LogP contribution in [-0.4, -0.2) is 9.13 Å². The van der Waals surface area contributed by atoms with E-state index in [0.29, 0.717) is 0 Å². The van der Waals surface area contributed by atoms with Gasteiger partial charge in [-0.05, 0) is 178 Å². The van der Waals surface area contributed by atoms with Gasteiger partial charge in [0.05, 0.1) is 22.1 Å². The van der Waals surface area contributed by atoms with E-state index in [-0.39, 0.29) is 0 Å². The van der Waals surface area contributed by atoms with Gasteiger partial charge in [0, 0.05) is 101 Å². The fraction of sp³-hybridized carbons (Fsp3) is 0. The van der Waals surface area contributed by atoms with Crippen LogP contribution in [0.15, 0.2) is 300 Å². The van der Waals surface area contributed by atoms with Gasteiger partial charge in [-0.1, -0.05) is 133 Å². The van der Waals surface area contributed by atoms with E-state index in [2.05, 4.69) is 310 Å². The fourth-order valence-corrected chi connectivity index (χ4v) is 13.5. The fourth-order valence-electron chi connectivity index (χ4n) is 13.5. The van der Waals surface area contributed by atoms with E-state index in [0.717, 1.165) is 111 Å². The maximum atomic E-state index is 6.89. The molecule has 0 aliphatic carbocycles. The molecule has 14 aromatic carbocycles. The second-order valence-electron chi connectivity index (χ2n) is 22.1. The van der Waals surface area contributed by atoms with E-state index in [9.17, 15) is 0 Å². The Balaban J connectivity index is 0.738. The average Bonchev–Trinajstić information content (AvgIpc) is 3.35. The van der Waals surface area contributed by atoms with Crippen LogP contribution in [0.3, 0.4) is 0 Å². The molecule has 84 heavy (non-hydrogen) atoms. The smallest absolute Gasteiger partial charge is 0.137 e. The first-order chi connectivity index (χ1) is 41.6. The van der Waals surface area contributed by atoms with Crippen LogP contribution in [0.1, 0.15) is 0 Å². The molecule has 6 nitrogen and oxygen atoms in total. The van der Waals surface area contributed by atoms with Gasteiger partial charge in [0.15, 0.2) is 0 Å². The van der Waals surface area contributed by atoms with E-state index in [4.69, 9.17) is 8.83 Å². The van der Waals surface area contributed by atoms with Gasteiger partial charge in [0.1, 0.15) is 22.3 Å². The van der Waals surface area contributed by atoms with Crippen LogP contribution in [0.2, 0.25) is 0 Å². The highest BCUT2D eigenvalue weighted by atomic mass is 16.3. The van der Waals surface area contributed by atoms with Gasteiger partial charge in [-0.2, -0.15) is 0 Å². The number of nitrogens with zero attached hydrogens (tertiary/aromatic N) is 4. The van der Waals surface area contributed by atoms with Crippen LogP contribution < -0.4 is 9.80 Å². The number of hydrogen-bond acceptors (Lipinski definition) is 4. The molecular weight excluding hydrogens is 1020 g/mol. The normalized spacial score (nSPS) is 12.0. The molecule has 0 fully saturated rings. The Morgan fingerprint density at radius 1 is 0.202 bits per heavy atom. The number of para-hydroxylation sites is 4. The SMILES string of the molecule is c1ccc(N(c2ccc3c(c2)oc2cc4cc5c(cc4cc23)oc2cc(N(c3ccccc3)c3ccc4c6cc7ccccc7cc6n(-c6ccccc6)c4c3)ccc25)c2ccc3c4cc5ccccc5cc4n(-c4ccccc4)c3c2)cc1. The molecule has 0 radical (unpaired) electrons. The van der Waals surface area contributed by atoms with Crippen molar-refractivity contribution >= 4 is 154 Å². The molecule has 0 atom stereocenters. The van der Waals surface area contributed by atoms with Crippen molar-refractivity contribution in [2.24, 2.45) is 0 Å². The van der Waals surface area contributed by atoms with Crippen LogP contribution in [0, 0.1) is 0 Å². The number of hydrogen-bond donors (Lipinski definition) is 0. The predicted molar refractivity (Wildman–Crippen MR) is 352 cm³/mol. The van der Waals surface area contributed by atoms with Crippen molar-refractivity contribution in [3.05, 3.63) is 291 Å². The minimum atomic E-state index is 0.823. The minimum Gasteiger partial charge on any atom is -0.456 e. The van der Waals surface area contributed by atoms with E-state index in [1.54, 1.807) is 0 Å². The molecule has 4 heterocycles. The number of furan rings is 2. The van der Waals surface area contributed by atoms with E-state index >= 15 is 0 Å². The molecule has 0 amide bonds. The maximum Gasteiger partial charge on any atom is 0.137 e. The molecule has 0 aliphatic heterocycles. The molecule has 0 aliphatic rings. The van der Waals surface area contributed by atoms with Crippen LogP contribution >= 0.6 is 0 Å². The average molecular weight is 1070 g/mol. The van der Waals surface area contributed by atoms with Crippen LogP contribution in [0.5, 0.6) is 0 Å². The zero-order valence-electron chi connectivity index (χ0n) is 45.3. The van der Waals surface area contributed by atoms with Gasteiger partial charge in [0.2, 0.25) is 0 Å². The molecule has 0 bridgehead atoms. The van der Waals surface area contributed by atoms with Gasteiger partial charge in [0.25, 0.3) is 0 Å². The Hall–Kier alpha value is -11.3. The molecule has 0 N–H and O–H groups in total. The third-order valence-electron chi connectivity index (χ3n) is 17.3. The number of anilines is 6. The van der Waals surface area contributed by atoms with Crippen molar-refractivity contribution in [2.75, 3.05) is 9.80 Å². The molecule has 6 heteroatoms. The first-order valence-corrected chi connectivity index (χ1v) is 28.6. The Morgan fingerprint density at radius 3 is 0.917 bits per heavy atom. The van der Waals surface area contributed by atoms with Gasteiger partial charge in [-0.25, -0.2) is 0 Å². The molecule has 0 saturated heterocycles. The summed E-state index contributed by atoms with van der Waals surface area (Å²) in [5, 5.41) is 16.2. The zero-order valence-corrected chi connectivity index (χ0v) is 45.3. The maximum absolute atomic E-state index is 6.89. The van der Waals surface area contributed by atoms with Gasteiger partial charge >= 0.3 is 0 Å². The summed E-state index contributed by atoms with van der Waals surface area (Å²) in [4.78, 5) is 4.67. The van der Waals surface area contributed by atoms with Gasteiger partial charge in [-0.3, -0.25) is 0 Å². The molecule has 18 aromatic rings. The molecule has 0 unspecified atom stereocenters. The Kier molecular flexibility index (Phi) is 9.99. The highest BCUT2D eigenvalue weighted by molar-refractivity contribution is 6.18. The van der Waals surface area contributed by atoms with Crippen molar-refractivity contribution in [3.8, 4) is 11.4 Å². The topological polar surface area (TPSA) is 42.6 Å². The first-order valence-electron chi connectivity index (χ1n) is 28.6. The number of benzene rings is 14. The Morgan fingerprint density at radius 2 is 0.512 bits per heavy atom. The molecular formula is C78H48N4O2. The molecule has 4 aromatic heterocycles. The van der Waals surface area contributed by atoms with E-state index < -0.39 is 0 Å². The minimum absolute atomic E-state index is 0.823. The standard InChI is InChI=1S/C78H48N4O2/c1-5-21-55(22-6-1)79(59-29-33-63-67-37-49-17-13-15-19-51(49)41-71(67)81(73(63)45-59)57-25-9-3-10-26-57)61-31-35-65-69-39-53-44-76-70(40-54(53)43-75(69)83-77(65)47-61)66-36-32-62(48-78(66)84-76)80(56-23-7-2-8-24-56)60-30-34-64-68-38-50-18-14-16-20-52(50)42-72(68)82(74(64)46-60)58-27-11-4-12-28-58/h1-48H. The summed E-state index contributed by atoms with van der Waals surface area (Å²) in [6.45, 7) is 0. The van der Waals surface area contributed by atoms with Crippen LogP contribution in [0.25, 0.3) is 131 Å². The zero-order chi connectivity index (χ0) is 55.0. The molecule has 18 rings (SSSR count). The van der Waals surface area contributed by atoms with Crippen molar-refractivity contribution in [3.63, 3.8) is 0 Å². The van der Waals surface area contributed by atoms with E-state index in [1.807, 2.05) is 0 Å². The van der Waals surface area contributed by atoms with Crippen molar-refractivity contribution in [1.82, 2.24) is 9.13 Å². The lowest BCUT2D eigenvalue weighted by atomic mass is 10.0. The van der Waals surface area contributed by atoms with Gasteiger partial charge < -0.3 is 27.8 Å². The lowest BCUT2D eigenvalue weighted by Gasteiger charge is -2.25. The van der Waals surface area contributed by atoms with E-state index in [1.165, 1.54) is 54.1 Å². The molecule has 0 saturated carbocycles. The quantitative estimate of drug-likeness (QED) is 0.152. The third kappa shape index (κ3) is 7.17. The van der Waals surface area contributed by atoms with Crippen LogP contribution in [0.4, 0.5) is 34.1 Å². The summed E-state index contributed by atoms with van der Waals surface area (Å²) in [5.41, 5.74) is 16.4. The summed E-state index contributed by atoms with van der Waals surface area (Å²) in [7, 11) is 0. The lowest BCUT2D eigenvalue weighted by Crippen LogP contribution is -2.09. The highest BCUT2D eigenvalue weighted by Gasteiger charge is 2.23. The Labute approximate surface area is 481 Å². The monoisotopic (exact) mass is 1070 g/mol. The van der Waals surface area contributed by atoms with Crippen molar-refractivity contribution in [2.45, 2.75) is 0 Å². The second-order valence-corrected chi connectivity index (χ2v) is 22.1. The Bertz CT molecular complexity index is 5330. The first kappa shape index (κ1) is 46.4. The van der Waals surface area contributed by atoms with Crippen molar-refractivity contribution < 1.29 is 8.83 Å². The number of aromatic nitrogens is 2. The van der Waals surface area contributed by atoms with Crippen LogP contribution in [-0.2, 0) is 0 Å². The van der Waals surface area contributed by atoms with Gasteiger partial charge in [-0.15, -0.1) is 0 Å². The summed E-state index contributed by atoms with van der Waals surface area (Å²) in [6, 6.07) is 105. The summed E-state index contributed by atoms with van der Waals surface area (Å²) in [6.07, 6.45) is 0. The molecule has 392 valence electrons. The second kappa shape index (κ2) is 18.1. The van der Waals surface area contributed by atoms with Crippen molar-refractivity contribution in [1.29, 1.82) is 0 Å². The summed E-state index contributed by atoms with van der Waals surface area (Å²) in [5.74, 6) is 0. The third-order valence-corrected chi connectivity index (χ3v) is 17.3. The molecule has 0 spiro atoms. The lowest BCUT2D eigenvalue weighted by molar-refractivity contribution is 0.668. The largest absolute Gasteiger partial charge is 0.456 e. The summed E-state index contributed by atoms with van der Waals surface area (Å²) >= 11 is 0.